The van der Waals surface area contributed by atoms with E-state index in [9.17, 15) is 19.8 Å². The van der Waals surface area contributed by atoms with E-state index in [-0.39, 0.29) is 0 Å². The highest BCUT2D eigenvalue weighted by Crippen LogP contribution is 2.34. The van der Waals surface area contributed by atoms with Crippen LogP contribution in [0.15, 0.2) is 24.3 Å². The van der Waals surface area contributed by atoms with Crippen LogP contribution in [0, 0.1) is 0 Å². The molecule has 0 radical (unpaired) electrons. The van der Waals surface area contributed by atoms with Crippen molar-refractivity contribution in [3.05, 3.63) is 24.3 Å². The Kier molecular flexibility index (Phi) is 1.55. The summed E-state index contributed by atoms with van der Waals surface area (Å²) >= 11 is 0. The lowest BCUT2D eigenvalue weighted by Crippen LogP contribution is -2.53. The Morgan fingerprint density at radius 3 is 1.50 bits per heavy atom. The molecule has 0 aromatic heterocycles. The highest BCUT2D eigenvalue weighted by Gasteiger charge is 2.57. The summed E-state index contributed by atoms with van der Waals surface area (Å²) < 4.78 is 8.82. The van der Waals surface area contributed by atoms with Crippen LogP contribution < -0.4 is 0 Å². The molecule has 6 heteroatoms. The molecule has 0 amide bonds. The Balaban J connectivity index is 2.32. The lowest BCUT2D eigenvalue weighted by atomic mass is 10.1. The van der Waals surface area contributed by atoms with E-state index in [2.05, 4.69) is 9.47 Å². The van der Waals surface area contributed by atoms with Crippen molar-refractivity contribution in [1.82, 2.24) is 0 Å². The van der Waals surface area contributed by atoms with Gasteiger partial charge in [-0.15, -0.1) is 0 Å². The number of hydrogen-bond donors (Lipinski definition) is 2. The first-order chi connectivity index (χ1) is 6.45. The molecule has 74 valence electrons. The molecule has 0 fully saturated rings. The van der Waals surface area contributed by atoms with E-state index in [1.54, 1.807) is 0 Å². The number of aliphatic hydroxyl groups is 2. The minimum atomic E-state index is -2.34. The maximum Gasteiger partial charge on any atom is 0.333 e. The van der Waals surface area contributed by atoms with Crippen molar-refractivity contribution < 1.29 is 29.3 Å². The molecule has 2 aliphatic rings. The second-order valence-corrected chi connectivity index (χ2v) is 2.90. The summed E-state index contributed by atoms with van der Waals surface area (Å²) in [7, 11) is 0. The highest BCUT2D eigenvalue weighted by atomic mass is 16.7. The highest BCUT2D eigenvalue weighted by molar-refractivity contribution is 5.87. The molecule has 2 N–H and O–H groups in total. The van der Waals surface area contributed by atoms with Crippen LogP contribution in [0.2, 0.25) is 0 Å². The fourth-order valence-corrected chi connectivity index (χ4v) is 1.19. The Labute approximate surface area is 78.0 Å². The van der Waals surface area contributed by atoms with Crippen molar-refractivity contribution in [2.45, 2.75) is 11.6 Å². The second-order valence-electron chi connectivity index (χ2n) is 2.90. The van der Waals surface area contributed by atoms with Gasteiger partial charge in [0.2, 0.25) is 0 Å². The maximum atomic E-state index is 10.7. The molecular formula is C8H6O6. The molecule has 0 aliphatic carbocycles. The Morgan fingerprint density at radius 1 is 0.929 bits per heavy atom. The topological polar surface area (TPSA) is 93.1 Å². The van der Waals surface area contributed by atoms with E-state index in [1.165, 1.54) is 0 Å². The molecule has 14 heavy (non-hydrogen) atoms. The largest absolute Gasteiger partial charge is 0.418 e. The van der Waals surface area contributed by atoms with Crippen LogP contribution in [0.3, 0.4) is 0 Å². The van der Waals surface area contributed by atoms with Gasteiger partial charge in [0.15, 0.2) is 0 Å². The molecule has 0 saturated heterocycles. The normalized spacial score (nSPS) is 40.1. The van der Waals surface area contributed by atoms with Crippen LogP contribution in [0.1, 0.15) is 0 Å². The van der Waals surface area contributed by atoms with E-state index < -0.39 is 23.5 Å². The van der Waals surface area contributed by atoms with Gasteiger partial charge in [0.1, 0.15) is 0 Å². The van der Waals surface area contributed by atoms with Crippen molar-refractivity contribution in [1.29, 1.82) is 0 Å². The quantitative estimate of drug-likeness (QED) is 0.503. The molecule has 0 unspecified atom stereocenters. The summed E-state index contributed by atoms with van der Waals surface area (Å²) in [5.41, 5.74) is 0. The van der Waals surface area contributed by atoms with E-state index >= 15 is 0 Å². The van der Waals surface area contributed by atoms with Gasteiger partial charge in [0, 0.05) is 24.3 Å². The van der Waals surface area contributed by atoms with Crippen molar-refractivity contribution >= 4 is 11.9 Å². The zero-order valence-corrected chi connectivity index (χ0v) is 6.84. The molecular weight excluding hydrogens is 192 g/mol. The molecule has 0 saturated carbocycles. The van der Waals surface area contributed by atoms with Crippen LogP contribution in [0.25, 0.3) is 0 Å². The molecule has 2 heterocycles. The third kappa shape index (κ3) is 1.05. The number of carbonyl (C=O) groups is 2. The van der Waals surface area contributed by atoms with Crippen molar-refractivity contribution in [2.75, 3.05) is 0 Å². The first-order valence-corrected chi connectivity index (χ1v) is 3.74. The molecule has 2 atom stereocenters. The van der Waals surface area contributed by atoms with E-state index in [4.69, 9.17) is 0 Å². The first kappa shape index (κ1) is 8.92. The first-order valence-electron chi connectivity index (χ1n) is 3.74. The van der Waals surface area contributed by atoms with Gasteiger partial charge in [-0.2, -0.15) is 0 Å². The Morgan fingerprint density at radius 2 is 1.29 bits per heavy atom. The molecule has 0 aromatic rings. The maximum absolute atomic E-state index is 10.7. The van der Waals surface area contributed by atoms with Crippen LogP contribution >= 0.6 is 0 Å². The lowest BCUT2D eigenvalue weighted by molar-refractivity contribution is -0.307. The summed E-state index contributed by atoms with van der Waals surface area (Å²) in [5.74, 6) is -6.33. The molecule has 0 aromatic carbocycles. The van der Waals surface area contributed by atoms with E-state index in [0.29, 0.717) is 0 Å². The standard InChI is InChI=1S/C8H6O6/c9-5-1-3-7(11,13-5)8(12)4-2-6(10)14-8/h1-4,11-12H/t7-,8+. The van der Waals surface area contributed by atoms with E-state index in [0.717, 1.165) is 24.3 Å². The third-order valence-corrected chi connectivity index (χ3v) is 1.92. The second kappa shape index (κ2) is 2.43. The van der Waals surface area contributed by atoms with Gasteiger partial charge in [0.05, 0.1) is 0 Å². The zero-order valence-electron chi connectivity index (χ0n) is 6.84. The number of rotatable bonds is 1. The van der Waals surface area contributed by atoms with Gasteiger partial charge in [-0.05, 0) is 0 Å². The average molecular weight is 198 g/mol. The average Bonchev–Trinajstić information content (AvgIpc) is 2.59. The van der Waals surface area contributed by atoms with Gasteiger partial charge in [0.25, 0.3) is 0 Å². The lowest BCUT2D eigenvalue weighted by Gasteiger charge is -2.31. The zero-order chi connectivity index (χ0) is 10.4. The van der Waals surface area contributed by atoms with Crippen molar-refractivity contribution in [3.63, 3.8) is 0 Å². The number of esters is 2. The number of ether oxygens (including phenoxy) is 2. The number of cyclic esters (lactones) is 2. The molecule has 0 spiro atoms. The predicted molar refractivity (Wildman–Crippen MR) is 40.4 cm³/mol. The fraction of sp³-hybridized carbons (Fsp3) is 0.250. The minimum Gasteiger partial charge on any atom is -0.418 e. The predicted octanol–water partition coefficient (Wildman–Crippen LogP) is -1.41. The summed E-state index contributed by atoms with van der Waals surface area (Å²) in [6, 6.07) is 0. The van der Waals surface area contributed by atoms with Gasteiger partial charge in [-0.1, -0.05) is 0 Å². The van der Waals surface area contributed by atoms with Crippen LogP contribution in [-0.2, 0) is 19.1 Å². The molecule has 2 aliphatic heterocycles. The van der Waals surface area contributed by atoms with Crippen LogP contribution in [0.4, 0.5) is 0 Å². The fourth-order valence-electron chi connectivity index (χ4n) is 1.19. The van der Waals surface area contributed by atoms with Gasteiger partial charge < -0.3 is 19.7 Å². The Hall–Kier alpha value is -1.66. The summed E-state index contributed by atoms with van der Waals surface area (Å²) in [6.07, 6.45) is 3.69. The molecule has 2 rings (SSSR count). The van der Waals surface area contributed by atoms with Crippen LogP contribution in [0.5, 0.6) is 0 Å². The smallest absolute Gasteiger partial charge is 0.333 e. The molecule has 0 bridgehead atoms. The summed E-state index contributed by atoms with van der Waals surface area (Å²) in [5, 5.41) is 19.3. The van der Waals surface area contributed by atoms with Crippen molar-refractivity contribution in [2.24, 2.45) is 0 Å². The van der Waals surface area contributed by atoms with Gasteiger partial charge in [-0.3, -0.25) is 0 Å². The summed E-state index contributed by atoms with van der Waals surface area (Å²) in [4.78, 5) is 21.4. The van der Waals surface area contributed by atoms with Gasteiger partial charge in [-0.25, -0.2) is 9.59 Å². The Bertz CT molecular complexity index is 334. The van der Waals surface area contributed by atoms with E-state index in [1.807, 2.05) is 0 Å². The minimum absolute atomic E-state index is 0.822. The molecule has 6 nitrogen and oxygen atoms in total. The number of carbonyl (C=O) groups excluding carboxylic acids is 2. The number of hydrogen-bond acceptors (Lipinski definition) is 6. The van der Waals surface area contributed by atoms with Gasteiger partial charge >= 0.3 is 23.5 Å². The third-order valence-electron chi connectivity index (χ3n) is 1.92. The van der Waals surface area contributed by atoms with Crippen molar-refractivity contribution in [3.8, 4) is 0 Å². The van der Waals surface area contributed by atoms with Crippen LogP contribution in [-0.4, -0.2) is 33.7 Å². The SMILES string of the molecule is O=C1C=C[C@](O)([C@]2(O)C=CC(=O)O2)O1. The monoisotopic (exact) mass is 198 g/mol. The summed E-state index contributed by atoms with van der Waals surface area (Å²) in [6.45, 7) is 0.